The number of azide groups is 1. The summed E-state index contributed by atoms with van der Waals surface area (Å²) in [7, 11) is 0. The van der Waals surface area contributed by atoms with Crippen molar-refractivity contribution in [2.75, 3.05) is 13.1 Å². The topological polar surface area (TPSA) is 152 Å². The molecule has 3 unspecified atom stereocenters. The summed E-state index contributed by atoms with van der Waals surface area (Å²) in [4.78, 5) is 34.3. The second-order valence-electron chi connectivity index (χ2n) is 30.0. The molecular weight excluding hydrogens is 1020 g/mol. The van der Waals surface area contributed by atoms with Crippen LogP contribution in [-0.2, 0) is 32.2 Å². The van der Waals surface area contributed by atoms with Crippen molar-refractivity contribution >= 4 is 12.2 Å². The van der Waals surface area contributed by atoms with E-state index in [2.05, 4.69) is 65.4 Å². The number of benzene rings is 2. The number of carbonyl (C=O) groups excluding carboxylic acids is 2. The van der Waals surface area contributed by atoms with Crippen LogP contribution in [0.3, 0.4) is 0 Å². The minimum Gasteiger partial charge on any atom is -0.445 e. The molecule has 12 heteroatoms. The smallest absolute Gasteiger partial charge is 0.410 e. The highest BCUT2D eigenvalue weighted by atomic mass is 16.6. The Labute approximate surface area is 490 Å². The van der Waals surface area contributed by atoms with Gasteiger partial charge in [-0.2, -0.15) is 0 Å². The van der Waals surface area contributed by atoms with Gasteiger partial charge in [0.1, 0.15) is 13.2 Å². The van der Waals surface area contributed by atoms with Crippen LogP contribution in [0.2, 0.25) is 0 Å². The Kier molecular flexibility index (Phi) is 15.1. The van der Waals surface area contributed by atoms with E-state index in [1.807, 2.05) is 70.5 Å². The molecule has 4 aliphatic heterocycles. The highest BCUT2D eigenvalue weighted by Gasteiger charge is 2.65. The molecule has 0 radical (unpaired) electrons. The lowest BCUT2D eigenvalue weighted by Gasteiger charge is -2.54. The van der Waals surface area contributed by atoms with Crippen LogP contribution in [0.4, 0.5) is 9.59 Å². The van der Waals surface area contributed by atoms with Crippen LogP contribution >= 0.6 is 0 Å². The van der Waals surface area contributed by atoms with Gasteiger partial charge in [0.25, 0.3) is 0 Å². The third kappa shape index (κ3) is 9.32. The summed E-state index contributed by atoms with van der Waals surface area (Å²) in [5.41, 5.74) is 24.2. The molecule has 8 aliphatic carbocycles. The zero-order valence-corrected chi connectivity index (χ0v) is 51.0. The normalized spacial score (nSPS) is 45.0. The number of hydrogen-bond acceptors (Lipinski definition) is 8. The molecule has 444 valence electrons. The van der Waals surface area contributed by atoms with Gasteiger partial charge in [0.05, 0.1) is 35.5 Å². The second-order valence-corrected chi connectivity index (χ2v) is 30.0. The van der Waals surface area contributed by atoms with E-state index >= 15 is 0 Å². The molecule has 12 nitrogen and oxygen atoms in total. The van der Waals surface area contributed by atoms with Gasteiger partial charge in [-0.15, -0.1) is 0 Å². The van der Waals surface area contributed by atoms with Crippen molar-refractivity contribution in [3.05, 3.63) is 105 Å². The number of piperidine rings is 2. The van der Waals surface area contributed by atoms with Gasteiger partial charge >= 0.3 is 12.2 Å². The quantitative estimate of drug-likeness (QED) is 0.135. The molecule has 4 saturated heterocycles. The highest BCUT2D eigenvalue weighted by molar-refractivity contribution is 5.69. The average molecular weight is 1120 g/mol. The van der Waals surface area contributed by atoms with Crippen LogP contribution in [0.5, 0.6) is 0 Å². The number of likely N-dealkylation sites (tertiary alicyclic amines) is 2. The fraction of sp³-hybridized carbons (Fsp3) is 0.743. The standard InChI is InChI=1S/C35H48N4O3.C35H50N2O3/c1-21-16-31-32(39(19-21)33(40)41-20-24-8-6-5-7-9-24)23(3)35(42-31)15-13-27-28-11-10-25-17-26(37-38-36)12-14-34(25,4)30(28)18-29(27)22(35)2;1-21-16-31-32(37(19-21)33(38)39-20-24-8-6-5-7-9-24)23(3)35(40-31)15-13-27-28-11-10-25-17-26(36)12-14-34(25,4)30(28)18-29(27)22(35)2/h5-9,21,23,25-28,30-32H,10-20H2,1-4H3;5-9,21,23,25-28,30-32H,10-20,36H2,1-4H3/t21-,23+,25+,26?,27-,28?,30-,31+,32-,34-,35-;21-,23+,25+,26+,27-,28?,30-,31+,32-,34-,35-/m00/s1. The van der Waals surface area contributed by atoms with Gasteiger partial charge in [-0.05, 0) is 227 Å². The lowest BCUT2D eigenvalue weighted by Crippen LogP contribution is -2.54. The summed E-state index contributed by atoms with van der Waals surface area (Å²) in [6.45, 7) is 21.3. The molecular formula is C70H98N6O6. The zero-order valence-electron chi connectivity index (χ0n) is 51.0. The molecule has 10 fully saturated rings. The molecule has 0 aromatic heterocycles. The Morgan fingerprint density at radius 3 is 1.54 bits per heavy atom. The van der Waals surface area contributed by atoms with Gasteiger partial charge in [-0.3, -0.25) is 0 Å². The maximum absolute atomic E-state index is 13.6. The van der Waals surface area contributed by atoms with Crippen molar-refractivity contribution in [3.8, 4) is 0 Å². The maximum Gasteiger partial charge on any atom is 0.410 e. The molecule has 2 aromatic carbocycles. The molecule has 2 spiro atoms. The van der Waals surface area contributed by atoms with Crippen LogP contribution in [-0.4, -0.2) is 82.7 Å². The molecule has 82 heavy (non-hydrogen) atoms. The van der Waals surface area contributed by atoms with Gasteiger partial charge in [0.2, 0.25) is 0 Å². The third-order valence-corrected chi connectivity index (χ3v) is 26.3. The molecule has 14 rings (SSSR count). The zero-order chi connectivity index (χ0) is 57.0. The SMILES string of the molecule is CC1=C2C[C@H]3C(CC[C@@H]4CC(N=[N+]=[N-])CC[C@@]43C)[C@@H]2CC[C@]12O[C@@H]1C[C@H](C)CN(C(=O)OCc3ccccc3)[C@H]1[C@H]2C.CC1=C2C[C@H]3C(CC[C@@H]4C[C@H](N)CC[C@@]43C)[C@@H]2CC[C@]12O[C@@H]1C[C@H](C)CN(C(=O)OCc3ccccc3)[C@H]1[C@H]2C. The van der Waals surface area contributed by atoms with Gasteiger partial charge in [0.15, 0.2) is 0 Å². The van der Waals surface area contributed by atoms with Gasteiger partial charge in [-0.1, -0.05) is 118 Å². The van der Waals surface area contributed by atoms with E-state index in [0.29, 0.717) is 53.8 Å². The van der Waals surface area contributed by atoms with Crippen molar-refractivity contribution in [1.82, 2.24) is 9.80 Å². The van der Waals surface area contributed by atoms with Gasteiger partial charge in [0, 0.05) is 41.9 Å². The first-order valence-electron chi connectivity index (χ1n) is 33.0. The molecule has 2 aromatic rings. The van der Waals surface area contributed by atoms with E-state index < -0.39 is 0 Å². The highest BCUT2D eigenvalue weighted by Crippen LogP contribution is 2.69. The number of hydrogen-bond donors (Lipinski definition) is 1. The minimum absolute atomic E-state index is 0.0538. The third-order valence-electron chi connectivity index (χ3n) is 26.3. The van der Waals surface area contributed by atoms with Crippen LogP contribution in [0.1, 0.15) is 182 Å². The Morgan fingerprint density at radius 2 is 1.07 bits per heavy atom. The summed E-state index contributed by atoms with van der Waals surface area (Å²) in [6.07, 6.45) is 21.2. The van der Waals surface area contributed by atoms with Crippen molar-refractivity contribution < 1.29 is 28.5 Å². The Morgan fingerprint density at radius 1 is 0.622 bits per heavy atom. The summed E-state index contributed by atoms with van der Waals surface area (Å²) in [5.74, 6) is 7.28. The molecule has 0 bridgehead atoms. The number of rotatable bonds is 5. The number of ether oxygens (including phenoxy) is 4. The summed E-state index contributed by atoms with van der Waals surface area (Å²) >= 11 is 0. The van der Waals surface area contributed by atoms with Gasteiger partial charge < -0.3 is 34.5 Å². The Balaban J connectivity index is 0.000000154. The lowest BCUT2D eigenvalue weighted by atomic mass is 9.52. The fourth-order valence-electron chi connectivity index (χ4n) is 22.1. The number of nitrogens with two attached hydrogens (primary N) is 1. The monoisotopic (exact) mass is 1120 g/mol. The average Bonchev–Trinajstić information content (AvgIpc) is 4.35. The lowest BCUT2D eigenvalue weighted by molar-refractivity contribution is -0.0666. The largest absolute Gasteiger partial charge is 0.445 e. The van der Waals surface area contributed by atoms with Crippen molar-refractivity contribution in [3.63, 3.8) is 0 Å². The predicted molar refractivity (Wildman–Crippen MR) is 320 cm³/mol. The summed E-state index contributed by atoms with van der Waals surface area (Å²) in [6, 6.07) is 20.7. The molecule has 2 N–H and O–H groups in total. The summed E-state index contributed by atoms with van der Waals surface area (Å²) < 4.78 is 26.2. The van der Waals surface area contributed by atoms with E-state index in [1.165, 1.54) is 88.2 Å². The first-order chi connectivity index (χ1) is 39.5. The molecule has 12 aliphatic rings. The van der Waals surface area contributed by atoms with E-state index in [0.717, 1.165) is 98.2 Å². The number of amides is 2. The number of nitrogens with zero attached hydrogens (tertiary/aromatic N) is 5. The van der Waals surface area contributed by atoms with Crippen LogP contribution < -0.4 is 5.73 Å². The Bertz CT molecular complexity index is 2840. The van der Waals surface area contributed by atoms with Crippen molar-refractivity contribution in [2.45, 2.75) is 232 Å². The van der Waals surface area contributed by atoms with Gasteiger partial charge in [-0.25, -0.2) is 9.59 Å². The van der Waals surface area contributed by atoms with Crippen LogP contribution in [0.15, 0.2) is 88.1 Å². The predicted octanol–water partition coefficient (Wildman–Crippen LogP) is 15.5. The number of carbonyl (C=O) groups is 2. The molecule has 2 amide bonds. The molecule has 4 heterocycles. The second kappa shape index (κ2) is 21.9. The van der Waals surface area contributed by atoms with E-state index in [-0.39, 0.29) is 65.6 Å². The number of fused-ring (bicyclic) bond motifs is 12. The first-order valence-corrected chi connectivity index (χ1v) is 33.0. The van der Waals surface area contributed by atoms with E-state index in [1.54, 1.807) is 11.1 Å². The van der Waals surface area contributed by atoms with Crippen molar-refractivity contribution in [2.24, 2.45) is 92.7 Å². The van der Waals surface area contributed by atoms with Crippen LogP contribution in [0, 0.1) is 81.8 Å². The van der Waals surface area contributed by atoms with E-state index in [9.17, 15) is 9.59 Å². The molecule has 22 atom stereocenters. The minimum atomic E-state index is -0.282. The van der Waals surface area contributed by atoms with Crippen molar-refractivity contribution in [1.29, 1.82) is 0 Å². The summed E-state index contributed by atoms with van der Waals surface area (Å²) in [5, 5.41) is 4.14. The van der Waals surface area contributed by atoms with E-state index in [4.69, 9.17) is 30.2 Å². The Hall–Kier alpha value is -4.35. The molecule has 6 saturated carbocycles. The van der Waals surface area contributed by atoms with Crippen LogP contribution in [0.25, 0.3) is 10.4 Å². The number of allylic oxidation sites excluding steroid dienone is 2. The maximum atomic E-state index is 13.6. The first kappa shape index (κ1) is 56.8. The fourth-order valence-corrected chi connectivity index (χ4v) is 22.1.